The zero-order valence-electron chi connectivity index (χ0n) is 19.2. The molecular formula is C28H25NO4S. The highest BCUT2D eigenvalue weighted by Crippen LogP contribution is 2.41. The van der Waals surface area contributed by atoms with Crippen molar-refractivity contribution in [1.82, 2.24) is 0 Å². The van der Waals surface area contributed by atoms with E-state index in [1.54, 1.807) is 7.11 Å². The Balaban J connectivity index is 1.76. The quantitative estimate of drug-likeness (QED) is 0.322. The van der Waals surface area contributed by atoms with Crippen LogP contribution in [0.15, 0.2) is 84.9 Å². The highest BCUT2D eigenvalue weighted by Gasteiger charge is 2.28. The molecule has 0 aliphatic rings. The van der Waals surface area contributed by atoms with Crippen LogP contribution in [0.5, 0.6) is 5.75 Å². The molecule has 4 aromatic rings. The van der Waals surface area contributed by atoms with E-state index in [0.717, 1.165) is 32.9 Å². The topological polar surface area (TPSA) is 64.6 Å². The van der Waals surface area contributed by atoms with Crippen LogP contribution in [0.3, 0.4) is 0 Å². The molecule has 0 aliphatic carbocycles. The van der Waals surface area contributed by atoms with Crippen molar-refractivity contribution in [2.24, 2.45) is 0 Å². The Hall–Kier alpha value is -3.90. The Morgan fingerprint density at radius 2 is 1.38 bits per heavy atom. The maximum Gasteiger partial charge on any atom is 0.341 e. The number of hydrogen-bond acceptors (Lipinski definition) is 5. The van der Waals surface area contributed by atoms with Crippen LogP contribution in [0.2, 0.25) is 0 Å². The Bertz CT molecular complexity index is 1240. The van der Waals surface area contributed by atoms with Gasteiger partial charge in [0.15, 0.2) is 0 Å². The van der Waals surface area contributed by atoms with Gasteiger partial charge < -0.3 is 14.8 Å². The Labute approximate surface area is 203 Å². The normalized spacial score (nSPS) is 10.7. The zero-order valence-corrected chi connectivity index (χ0v) is 20.0. The van der Waals surface area contributed by atoms with Crippen LogP contribution >= 0.6 is 11.3 Å². The predicted molar refractivity (Wildman–Crippen MR) is 136 cm³/mol. The summed E-state index contributed by atoms with van der Waals surface area (Å²) in [4.78, 5) is 27.4. The fourth-order valence-corrected chi connectivity index (χ4v) is 5.07. The molecule has 3 aromatic carbocycles. The molecule has 0 radical (unpaired) electrons. The van der Waals surface area contributed by atoms with E-state index in [-0.39, 0.29) is 5.91 Å². The number of carbonyl (C=O) groups excluding carboxylic acids is 2. The smallest absolute Gasteiger partial charge is 0.341 e. The van der Waals surface area contributed by atoms with Gasteiger partial charge in [0.1, 0.15) is 16.3 Å². The summed E-state index contributed by atoms with van der Waals surface area (Å²) < 4.78 is 10.4. The maximum atomic E-state index is 13.6. The second kappa shape index (κ2) is 10.4. The first-order chi connectivity index (χ1) is 16.5. The third-order valence-corrected chi connectivity index (χ3v) is 6.64. The second-order valence-corrected chi connectivity index (χ2v) is 8.93. The molecular weight excluding hydrogens is 446 g/mol. The van der Waals surface area contributed by atoms with E-state index in [1.807, 2.05) is 91.9 Å². The molecule has 0 bridgehead atoms. The van der Waals surface area contributed by atoms with Crippen molar-refractivity contribution in [2.45, 2.75) is 12.8 Å². The van der Waals surface area contributed by atoms with Gasteiger partial charge in [-0.1, -0.05) is 72.8 Å². The molecule has 0 spiro atoms. The summed E-state index contributed by atoms with van der Waals surface area (Å²) >= 11 is 1.36. The highest BCUT2D eigenvalue weighted by molar-refractivity contribution is 7.17. The van der Waals surface area contributed by atoms with E-state index in [9.17, 15) is 9.59 Å². The number of nitrogens with one attached hydrogen (secondary N) is 1. The predicted octanol–water partition coefficient (Wildman–Crippen LogP) is 6.29. The minimum atomic E-state index is -0.528. The van der Waals surface area contributed by atoms with Gasteiger partial charge in [0.2, 0.25) is 5.91 Å². The molecule has 0 unspecified atom stereocenters. The molecule has 4 rings (SSSR count). The van der Waals surface area contributed by atoms with Gasteiger partial charge in [0, 0.05) is 10.4 Å². The number of esters is 1. The lowest BCUT2D eigenvalue weighted by Gasteiger charge is -2.18. The number of rotatable bonds is 7. The number of hydrogen-bond donors (Lipinski definition) is 1. The molecule has 1 aromatic heterocycles. The summed E-state index contributed by atoms with van der Waals surface area (Å²) in [6, 6.07) is 26.7. The van der Waals surface area contributed by atoms with E-state index in [1.165, 1.54) is 18.4 Å². The van der Waals surface area contributed by atoms with E-state index >= 15 is 0 Å². The lowest BCUT2D eigenvalue weighted by Crippen LogP contribution is -2.23. The molecule has 0 atom stereocenters. The van der Waals surface area contributed by atoms with Crippen molar-refractivity contribution in [1.29, 1.82) is 0 Å². The number of anilines is 1. The van der Waals surface area contributed by atoms with Crippen molar-refractivity contribution in [3.8, 4) is 16.9 Å². The summed E-state index contributed by atoms with van der Waals surface area (Å²) in [6.07, 6.45) is 0. The summed E-state index contributed by atoms with van der Waals surface area (Å²) in [5, 5.41) is 3.50. The van der Waals surface area contributed by atoms with Crippen molar-refractivity contribution in [2.75, 3.05) is 19.5 Å². The third-order valence-electron chi connectivity index (χ3n) is 5.62. The monoisotopic (exact) mass is 471 g/mol. The van der Waals surface area contributed by atoms with Crippen molar-refractivity contribution in [3.05, 3.63) is 106 Å². The summed E-state index contributed by atoms with van der Waals surface area (Å²) in [7, 11) is 2.95. The molecule has 34 heavy (non-hydrogen) atoms. The number of amides is 1. The highest BCUT2D eigenvalue weighted by atomic mass is 32.1. The molecule has 1 heterocycles. The summed E-state index contributed by atoms with van der Waals surface area (Å²) in [5.41, 5.74) is 3.68. The number of carbonyl (C=O) groups is 2. The van der Waals surface area contributed by atoms with Crippen molar-refractivity contribution in [3.63, 3.8) is 0 Å². The second-order valence-electron chi connectivity index (χ2n) is 7.70. The molecule has 0 saturated carbocycles. The van der Waals surface area contributed by atoms with E-state index in [2.05, 4.69) is 5.32 Å². The van der Waals surface area contributed by atoms with E-state index < -0.39 is 11.9 Å². The van der Waals surface area contributed by atoms with Gasteiger partial charge in [-0.15, -0.1) is 11.3 Å². The first-order valence-corrected chi connectivity index (χ1v) is 11.6. The first-order valence-electron chi connectivity index (χ1n) is 10.8. The Morgan fingerprint density at radius 3 is 1.88 bits per heavy atom. The van der Waals surface area contributed by atoms with Crippen LogP contribution in [-0.2, 0) is 9.53 Å². The number of benzene rings is 3. The number of aryl methyl sites for hydroxylation is 1. The standard InChI is InChI=1S/C28H25NO4S/c1-18-23(21-14-16-22(32-2)17-15-21)25(28(31)33-3)27(34-18)29-26(30)24(19-10-6-4-7-11-19)20-12-8-5-9-13-20/h4-17,24H,1-3H3,(H,29,30). The van der Waals surface area contributed by atoms with Gasteiger partial charge in [0.05, 0.1) is 20.1 Å². The largest absolute Gasteiger partial charge is 0.497 e. The molecule has 172 valence electrons. The molecule has 0 fully saturated rings. The van der Waals surface area contributed by atoms with Gasteiger partial charge >= 0.3 is 5.97 Å². The molecule has 6 heteroatoms. The van der Waals surface area contributed by atoms with Crippen LogP contribution in [-0.4, -0.2) is 26.1 Å². The lowest BCUT2D eigenvalue weighted by atomic mass is 9.90. The molecule has 0 aliphatic heterocycles. The lowest BCUT2D eigenvalue weighted by molar-refractivity contribution is -0.116. The van der Waals surface area contributed by atoms with Crippen LogP contribution in [0.4, 0.5) is 5.00 Å². The minimum absolute atomic E-state index is 0.218. The van der Waals surface area contributed by atoms with Gasteiger partial charge in [-0.25, -0.2) is 4.79 Å². The minimum Gasteiger partial charge on any atom is -0.497 e. The number of ether oxygens (including phenoxy) is 2. The maximum absolute atomic E-state index is 13.6. The van der Waals surface area contributed by atoms with Gasteiger partial charge in [-0.05, 0) is 35.7 Å². The van der Waals surface area contributed by atoms with Gasteiger partial charge in [-0.2, -0.15) is 0 Å². The number of methoxy groups -OCH3 is 2. The first kappa shape index (κ1) is 23.3. The SMILES string of the molecule is COC(=O)c1c(NC(=O)C(c2ccccc2)c2ccccc2)sc(C)c1-c1ccc(OC)cc1. The molecule has 0 saturated heterocycles. The fourth-order valence-electron chi connectivity index (χ4n) is 4.01. The average Bonchev–Trinajstić information content (AvgIpc) is 3.20. The van der Waals surface area contributed by atoms with E-state index in [4.69, 9.17) is 9.47 Å². The summed E-state index contributed by atoms with van der Waals surface area (Å²) in [6.45, 7) is 1.93. The fraction of sp³-hybridized carbons (Fsp3) is 0.143. The molecule has 1 N–H and O–H groups in total. The average molecular weight is 472 g/mol. The summed E-state index contributed by atoms with van der Waals surface area (Å²) in [5.74, 6) is -0.524. The van der Waals surface area contributed by atoms with E-state index in [0.29, 0.717) is 10.6 Å². The third kappa shape index (κ3) is 4.72. The van der Waals surface area contributed by atoms with Gasteiger partial charge in [0.25, 0.3) is 0 Å². The van der Waals surface area contributed by atoms with Crippen LogP contribution < -0.4 is 10.1 Å². The van der Waals surface area contributed by atoms with Crippen LogP contribution in [0.1, 0.15) is 32.3 Å². The van der Waals surface area contributed by atoms with Crippen molar-refractivity contribution < 1.29 is 19.1 Å². The van der Waals surface area contributed by atoms with Gasteiger partial charge in [-0.3, -0.25) is 4.79 Å². The van der Waals surface area contributed by atoms with Crippen molar-refractivity contribution >= 4 is 28.2 Å². The Kier molecular flexibility index (Phi) is 7.09. The molecule has 1 amide bonds. The van der Waals surface area contributed by atoms with Crippen LogP contribution in [0.25, 0.3) is 11.1 Å². The Morgan fingerprint density at radius 1 is 0.824 bits per heavy atom. The zero-order chi connectivity index (χ0) is 24.1. The molecule has 5 nitrogen and oxygen atoms in total. The van der Waals surface area contributed by atoms with Crippen LogP contribution in [0, 0.1) is 6.92 Å². The number of thiophene rings is 1.